The Bertz CT molecular complexity index is 467. The van der Waals surface area contributed by atoms with Crippen molar-refractivity contribution in [3.63, 3.8) is 0 Å². The molecule has 5 heteroatoms. The maximum absolute atomic E-state index is 11.0. The summed E-state index contributed by atoms with van der Waals surface area (Å²) >= 11 is 0. The van der Waals surface area contributed by atoms with Gasteiger partial charge in [-0.05, 0) is 50.7 Å². The smallest absolute Gasteiger partial charge is 0.221 e. The van der Waals surface area contributed by atoms with Crippen LogP contribution >= 0.6 is 0 Å². The number of benzene rings is 1. The van der Waals surface area contributed by atoms with Crippen LogP contribution in [0.25, 0.3) is 0 Å². The van der Waals surface area contributed by atoms with Crippen molar-refractivity contribution in [2.45, 2.75) is 32.4 Å². The predicted octanol–water partition coefficient (Wildman–Crippen LogP) is 1.53. The lowest BCUT2D eigenvalue weighted by atomic mass is 10.0. The zero-order chi connectivity index (χ0) is 15.9. The summed E-state index contributed by atoms with van der Waals surface area (Å²) in [5.41, 5.74) is 2.03. The Morgan fingerprint density at radius 1 is 1.32 bits per heavy atom. The molecule has 0 bridgehead atoms. The van der Waals surface area contributed by atoms with E-state index in [-0.39, 0.29) is 12.5 Å². The van der Waals surface area contributed by atoms with Crippen molar-refractivity contribution in [2.75, 3.05) is 38.6 Å². The fourth-order valence-electron chi connectivity index (χ4n) is 3.01. The summed E-state index contributed by atoms with van der Waals surface area (Å²) in [4.78, 5) is 15.8. The molecule has 0 aromatic heterocycles. The van der Waals surface area contributed by atoms with Gasteiger partial charge in [-0.25, -0.2) is 0 Å². The van der Waals surface area contributed by atoms with Crippen LogP contribution in [0.2, 0.25) is 0 Å². The summed E-state index contributed by atoms with van der Waals surface area (Å²) in [5, 5.41) is 12.1. The average molecular weight is 305 g/mol. The molecule has 5 nitrogen and oxygen atoms in total. The number of rotatable bonds is 6. The molecule has 0 aliphatic carbocycles. The van der Waals surface area contributed by atoms with Gasteiger partial charge in [-0.2, -0.15) is 0 Å². The van der Waals surface area contributed by atoms with E-state index in [1.165, 1.54) is 12.5 Å². The fourth-order valence-corrected chi connectivity index (χ4v) is 3.01. The Kier molecular flexibility index (Phi) is 6.36. The number of nitrogens with zero attached hydrogens (tertiary/aromatic N) is 2. The third-order valence-corrected chi connectivity index (χ3v) is 4.25. The molecule has 1 heterocycles. The number of piperidine rings is 1. The molecule has 2 N–H and O–H groups in total. The number of hydrogen-bond donors (Lipinski definition) is 2. The first-order valence-corrected chi connectivity index (χ1v) is 7.98. The molecule has 2 rings (SSSR count). The molecule has 0 radical (unpaired) electrons. The highest BCUT2D eigenvalue weighted by Crippen LogP contribution is 2.19. The van der Waals surface area contributed by atoms with Gasteiger partial charge in [0, 0.05) is 31.7 Å². The van der Waals surface area contributed by atoms with Crippen molar-refractivity contribution in [2.24, 2.45) is 0 Å². The molecule has 1 aliphatic heterocycles. The van der Waals surface area contributed by atoms with E-state index in [1.54, 1.807) is 0 Å². The number of aliphatic hydroxyl groups is 1. The van der Waals surface area contributed by atoms with Crippen molar-refractivity contribution in [1.82, 2.24) is 9.80 Å². The van der Waals surface area contributed by atoms with Crippen LogP contribution in [-0.4, -0.2) is 60.1 Å². The van der Waals surface area contributed by atoms with E-state index in [1.807, 2.05) is 24.3 Å². The highest BCUT2D eigenvalue weighted by molar-refractivity contribution is 5.88. The van der Waals surface area contributed by atoms with Gasteiger partial charge >= 0.3 is 0 Å². The van der Waals surface area contributed by atoms with E-state index >= 15 is 0 Å². The topological polar surface area (TPSA) is 55.8 Å². The van der Waals surface area contributed by atoms with Gasteiger partial charge in [0.1, 0.15) is 0 Å². The van der Waals surface area contributed by atoms with E-state index in [0.717, 1.165) is 38.2 Å². The molecule has 1 saturated heterocycles. The van der Waals surface area contributed by atoms with Crippen molar-refractivity contribution < 1.29 is 9.90 Å². The molecule has 0 unspecified atom stereocenters. The minimum atomic E-state index is -0.0546. The van der Waals surface area contributed by atoms with Crippen molar-refractivity contribution in [3.8, 4) is 0 Å². The van der Waals surface area contributed by atoms with E-state index in [9.17, 15) is 9.90 Å². The van der Waals surface area contributed by atoms with Gasteiger partial charge in [-0.3, -0.25) is 9.69 Å². The number of carbonyl (C=O) groups is 1. The van der Waals surface area contributed by atoms with E-state index in [2.05, 4.69) is 22.2 Å². The van der Waals surface area contributed by atoms with Crippen LogP contribution in [0, 0.1) is 0 Å². The van der Waals surface area contributed by atoms with Crippen molar-refractivity contribution in [1.29, 1.82) is 0 Å². The van der Waals surface area contributed by atoms with Crippen LogP contribution in [0.15, 0.2) is 24.3 Å². The highest BCUT2D eigenvalue weighted by Gasteiger charge is 2.22. The molecule has 0 saturated carbocycles. The number of amides is 1. The third kappa shape index (κ3) is 5.09. The lowest BCUT2D eigenvalue weighted by Gasteiger charge is -2.37. The molecule has 1 aromatic carbocycles. The second-order valence-electron chi connectivity index (χ2n) is 6.11. The minimum absolute atomic E-state index is 0.0546. The van der Waals surface area contributed by atoms with Gasteiger partial charge in [0.2, 0.25) is 5.91 Å². The van der Waals surface area contributed by atoms with Gasteiger partial charge in [0.05, 0.1) is 6.61 Å². The summed E-state index contributed by atoms with van der Waals surface area (Å²) in [6.07, 6.45) is 2.31. The van der Waals surface area contributed by atoms with Crippen LogP contribution in [0.5, 0.6) is 0 Å². The van der Waals surface area contributed by atoms with Crippen molar-refractivity contribution in [3.05, 3.63) is 29.8 Å². The van der Waals surface area contributed by atoms with Crippen LogP contribution in [0.3, 0.4) is 0 Å². The molecular weight excluding hydrogens is 278 g/mol. The van der Waals surface area contributed by atoms with Gasteiger partial charge in [-0.15, -0.1) is 0 Å². The zero-order valence-electron chi connectivity index (χ0n) is 13.6. The molecule has 1 fully saturated rings. The number of aliphatic hydroxyl groups excluding tert-OH is 1. The standard InChI is InChI=1S/C17H27N3O2/c1-14(22)18-16-5-3-15(4-6-16)13-20(11-12-21)17-7-9-19(2)10-8-17/h3-6,17,21H,7-13H2,1-2H3,(H,18,22). The first kappa shape index (κ1) is 16.9. The van der Waals surface area contributed by atoms with E-state index in [4.69, 9.17) is 0 Å². The van der Waals surface area contributed by atoms with Gasteiger partial charge in [0.15, 0.2) is 0 Å². The summed E-state index contributed by atoms with van der Waals surface area (Å²) in [6, 6.07) is 8.50. The normalized spacial score (nSPS) is 16.9. The number of anilines is 1. The number of likely N-dealkylation sites (tertiary alicyclic amines) is 1. The fraction of sp³-hybridized carbons (Fsp3) is 0.588. The second-order valence-corrected chi connectivity index (χ2v) is 6.11. The summed E-state index contributed by atoms with van der Waals surface area (Å²) in [6.45, 7) is 5.49. The Morgan fingerprint density at radius 3 is 2.50 bits per heavy atom. The Balaban J connectivity index is 1.96. The lowest BCUT2D eigenvalue weighted by molar-refractivity contribution is -0.114. The first-order chi connectivity index (χ1) is 10.6. The van der Waals surface area contributed by atoms with Crippen molar-refractivity contribution >= 4 is 11.6 Å². The highest BCUT2D eigenvalue weighted by atomic mass is 16.3. The maximum Gasteiger partial charge on any atom is 0.221 e. The lowest BCUT2D eigenvalue weighted by Crippen LogP contribution is -2.44. The van der Waals surface area contributed by atoms with Gasteiger partial charge in [-0.1, -0.05) is 12.1 Å². The minimum Gasteiger partial charge on any atom is -0.395 e. The third-order valence-electron chi connectivity index (χ3n) is 4.25. The summed E-state index contributed by atoms with van der Waals surface area (Å²) in [7, 11) is 2.16. The maximum atomic E-state index is 11.0. The summed E-state index contributed by atoms with van der Waals surface area (Å²) in [5.74, 6) is -0.0546. The Hall–Kier alpha value is -1.43. The largest absolute Gasteiger partial charge is 0.395 e. The summed E-state index contributed by atoms with van der Waals surface area (Å²) < 4.78 is 0. The predicted molar refractivity (Wildman–Crippen MR) is 88.8 cm³/mol. The number of hydrogen-bond acceptors (Lipinski definition) is 4. The molecule has 1 amide bonds. The molecule has 1 aromatic rings. The van der Waals surface area contributed by atoms with Crippen LogP contribution < -0.4 is 5.32 Å². The van der Waals surface area contributed by atoms with Gasteiger partial charge < -0.3 is 15.3 Å². The van der Waals surface area contributed by atoms with Crippen LogP contribution in [0.4, 0.5) is 5.69 Å². The zero-order valence-corrected chi connectivity index (χ0v) is 13.6. The first-order valence-electron chi connectivity index (χ1n) is 7.98. The Morgan fingerprint density at radius 2 is 1.95 bits per heavy atom. The Labute approximate surface area is 132 Å². The molecule has 122 valence electrons. The molecule has 22 heavy (non-hydrogen) atoms. The van der Waals surface area contributed by atoms with Gasteiger partial charge in [0.25, 0.3) is 0 Å². The number of carbonyl (C=O) groups excluding carboxylic acids is 1. The second kappa shape index (κ2) is 8.27. The SMILES string of the molecule is CC(=O)Nc1ccc(CN(CCO)C2CCN(C)CC2)cc1. The van der Waals surface area contributed by atoms with Crippen LogP contribution in [0.1, 0.15) is 25.3 Å². The number of nitrogens with one attached hydrogen (secondary N) is 1. The molecule has 1 aliphatic rings. The molecule has 0 atom stereocenters. The van der Waals surface area contributed by atoms with Crippen LogP contribution in [-0.2, 0) is 11.3 Å². The average Bonchev–Trinajstić information content (AvgIpc) is 2.49. The van der Waals surface area contributed by atoms with E-state index in [0.29, 0.717) is 12.6 Å². The quantitative estimate of drug-likeness (QED) is 0.837. The monoisotopic (exact) mass is 305 g/mol. The molecular formula is C17H27N3O2. The van der Waals surface area contributed by atoms with E-state index < -0.39 is 0 Å². The molecule has 0 spiro atoms.